The summed E-state index contributed by atoms with van der Waals surface area (Å²) in [4.78, 5) is 15.7. The van der Waals surface area contributed by atoms with E-state index in [2.05, 4.69) is 10.3 Å². The highest BCUT2D eigenvalue weighted by Gasteiger charge is 2.23. The normalized spacial score (nSPS) is 18.9. The predicted molar refractivity (Wildman–Crippen MR) is 63.8 cm³/mol. The number of aromatic nitrogens is 2. The van der Waals surface area contributed by atoms with E-state index in [1.165, 1.54) is 7.11 Å². The van der Waals surface area contributed by atoms with E-state index in [0.29, 0.717) is 5.92 Å². The molecule has 0 aromatic carbocycles. The van der Waals surface area contributed by atoms with E-state index in [9.17, 15) is 4.79 Å². The molecule has 1 fully saturated rings. The van der Waals surface area contributed by atoms with Crippen molar-refractivity contribution in [1.82, 2.24) is 14.9 Å². The predicted octanol–water partition coefficient (Wildman–Crippen LogP) is 1.08. The maximum atomic E-state index is 11.6. The van der Waals surface area contributed by atoms with Crippen LogP contribution in [0.5, 0.6) is 0 Å². The summed E-state index contributed by atoms with van der Waals surface area (Å²) in [5, 5.41) is 3.34. The van der Waals surface area contributed by atoms with Crippen LogP contribution in [-0.4, -0.2) is 35.7 Å². The molecule has 1 aromatic rings. The highest BCUT2D eigenvalue weighted by Crippen LogP contribution is 2.27. The zero-order valence-electron chi connectivity index (χ0n) is 10.3. The number of imidazole rings is 1. The van der Waals surface area contributed by atoms with Gasteiger partial charge in [-0.1, -0.05) is 0 Å². The lowest BCUT2D eigenvalue weighted by atomic mass is 9.94. The van der Waals surface area contributed by atoms with Crippen molar-refractivity contribution in [2.75, 3.05) is 20.2 Å². The van der Waals surface area contributed by atoms with Crippen LogP contribution in [0.3, 0.4) is 0 Å². The molecule has 0 amide bonds. The van der Waals surface area contributed by atoms with Crippen molar-refractivity contribution in [1.29, 1.82) is 0 Å². The number of esters is 1. The zero-order chi connectivity index (χ0) is 12.3. The SMILES string of the molecule is COC(=O)C(C)n1cncc1C1CCNCC1. The molecule has 1 unspecified atom stereocenters. The molecule has 5 nitrogen and oxygen atoms in total. The summed E-state index contributed by atoms with van der Waals surface area (Å²) in [6, 6.07) is -0.299. The van der Waals surface area contributed by atoms with Crippen LogP contribution in [0.25, 0.3) is 0 Å². The molecule has 94 valence electrons. The van der Waals surface area contributed by atoms with Crippen molar-refractivity contribution >= 4 is 5.97 Å². The van der Waals surface area contributed by atoms with Crippen molar-refractivity contribution in [2.45, 2.75) is 31.7 Å². The van der Waals surface area contributed by atoms with E-state index in [1.54, 1.807) is 6.33 Å². The van der Waals surface area contributed by atoms with E-state index in [1.807, 2.05) is 17.7 Å². The number of hydrogen-bond acceptors (Lipinski definition) is 4. The Balaban J connectivity index is 2.18. The van der Waals surface area contributed by atoms with Gasteiger partial charge in [-0.05, 0) is 32.9 Å². The van der Waals surface area contributed by atoms with Crippen molar-refractivity contribution in [3.63, 3.8) is 0 Å². The number of carbonyl (C=O) groups excluding carboxylic acids is 1. The summed E-state index contributed by atoms with van der Waals surface area (Å²) in [6.07, 6.45) is 5.79. The first-order valence-corrected chi connectivity index (χ1v) is 6.04. The lowest BCUT2D eigenvalue weighted by molar-refractivity contribution is -0.144. The van der Waals surface area contributed by atoms with Gasteiger partial charge in [0.1, 0.15) is 6.04 Å². The first-order chi connectivity index (χ1) is 8.24. The van der Waals surface area contributed by atoms with Gasteiger partial charge in [-0.15, -0.1) is 0 Å². The first-order valence-electron chi connectivity index (χ1n) is 6.04. The summed E-state index contributed by atoms with van der Waals surface area (Å²) in [5.41, 5.74) is 1.14. The third kappa shape index (κ3) is 2.49. The third-order valence-electron chi connectivity index (χ3n) is 3.41. The quantitative estimate of drug-likeness (QED) is 0.799. The van der Waals surface area contributed by atoms with Gasteiger partial charge >= 0.3 is 5.97 Å². The smallest absolute Gasteiger partial charge is 0.328 e. The second-order valence-corrected chi connectivity index (χ2v) is 4.45. The molecule has 0 saturated carbocycles. The first kappa shape index (κ1) is 12.1. The Morgan fingerprint density at radius 3 is 2.94 bits per heavy atom. The Bertz CT molecular complexity index is 383. The van der Waals surface area contributed by atoms with Gasteiger partial charge in [0.25, 0.3) is 0 Å². The van der Waals surface area contributed by atoms with Gasteiger partial charge in [0, 0.05) is 17.8 Å². The van der Waals surface area contributed by atoms with Crippen LogP contribution in [0, 0.1) is 0 Å². The van der Waals surface area contributed by atoms with Gasteiger partial charge < -0.3 is 14.6 Å². The van der Waals surface area contributed by atoms with E-state index in [-0.39, 0.29) is 12.0 Å². The second-order valence-electron chi connectivity index (χ2n) is 4.45. The van der Waals surface area contributed by atoms with Gasteiger partial charge in [-0.25, -0.2) is 9.78 Å². The number of nitrogens with zero attached hydrogens (tertiary/aromatic N) is 2. The lowest BCUT2D eigenvalue weighted by Gasteiger charge is -2.25. The summed E-state index contributed by atoms with van der Waals surface area (Å²) in [7, 11) is 1.42. The fourth-order valence-electron chi connectivity index (χ4n) is 2.36. The Morgan fingerprint density at radius 2 is 2.29 bits per heavy atom. The Kier molecular flexibility index (Phi) is 3.78. The summed E-state index contributed by atoms with van der Waals surface area (Å²) < 4.78 is 6.71. The molecule has 2 rings (SSSR count). The molecule has 0 aliphatic carbocycles. The highest BCUT2D eigenvalue weighted by molar-refractivity contribution is 5.73. The molecule has 17 heavy (non-hydrogen) atoms. The van der Waals surface area contributed by atoms with E-state index < -0.39 is 0 Å². The van der Waals surface area contributed by atoms with Crippen molar-refractivity contribution in [3.05, 3.63) is 18.2 Å². The van der Waals surface area contributed by atoms with E-state index in [4.69, 9.17) is 4.74 Å². The molecule has 1 N–H and O–H groups in total. The minimum Gasteiger partial charge on any atom is -0.467 e. The van der Waals surface area contributed by atoms with Crippen LogP contribution >= 0.6 is 0 Å². The monoisotopic (exact) mass is 237 g/mol. The van der Waals surface area contributed by atoms with Gasteiger partial charge in [0.05, 0.1) is 13.4 Å². The fourth-order valence-corrected chi connectivity index (χ4v) is 2.36. The minimum atomic E-state index is -0.299. The molecule has 0 spiro atoms. The highest BCUT2D eigenvalue weighted by atomic mass is 16.5. The maximum absolute atomic E-state index is 11.6. The molecule has 1 atom stereocenters. The van der Waals surface area contributed by atoms with Crippen LogP contribution in [0.4, 0.5) is 0 Å². The van der Waals surface area contributed by atoms with Gasteiger partial charge in [-0.2, -0.15) is 0 Å². The second kappa shape index (κ2) is 5.31. The van der Waals surface area contributed by atoms with Crippen LogP contribution in [0.15, 0.2) is 12.5 Å². The number of rotatable bonds is 3. The van der Waals surface area contributed by atoms with Crippen LogP contribution in [0.2, 0.25) is 0 Å². The Labute approximate surface area is 101 Å². The van der Waals surface area contributed by atoms with Crippen LogP contribution in [0.1, 0.15) is 37.4 Å². The number of methoxy groups -OCH3 is 1. The maximum Gasteiger partial charge on any atom is 0.328 e. The average Bonchev–Trinajstić information content (AvgIpc) is 2.87. The summed E-state index contributed by atoms with van der Waals surface area (Å²) in [6.45, 7) is 3.91. The molecule has 0 radical (unpaired) electrons. The minimum absolute atomic E-state index is 0.224. The molecule has 0 bridgehead atoms. The molecular weight excluding hydrogens is 218 g/mol. The van der Waals surface area contributed by atoms with E-state index >= 15 is 0 Å². The Morgan fingerprint density at radius 1 is 1.59 bits per heavy atom. The lowest BCUT2D eigenvalue weighted by Crippen LogP contribution is -2.29. The topological polar surface area (TPSA) is 56.2 Å². The number of carbonyl (C=O) groups is 1. The molecular formula is C12H19N3O2. The van der Waals surface area contributed by atoms with Crippen molar-refractivity contribution < 1.29 is 9.53 Å². The summed E-state index contributed by atoms with van der Waals surface area (Å²) in [5.74, 6) is 0.268. The van der Waals surface area contributed by atoms with Crippen molar-refractivity contribution in [3.8, 4) is 0 Å². The Hall–Kier alpha value is -1.36. The summed E-state index contributed by atoms with van der Waals surface area (Å²) >= 11 is 0. The standard InChI is InChI=1S/C12H19N3O2/c1-9(12(16)17-2)15-8-14-7-11(15)10-3-5-13-6-4-10/h7-10,13H,3-6H2,1-2H3. The van der Waals surface area contributed by atoms with Gasteiger partial charge in [0.15, 0.2) is 0 Å². The molecule has 5 heteroatoms. The van der Waals surface area contributed by atoms with Crippen LogP contribution < -0.4 is 5.32 Å². The zero-order valence-corrected chi connectivity index (χ0v) is 10.3. The third-order valence-corrected chi connectivity index (χ3v) is 3.41. The van der Waals surface area contributed by atoms with Crippen LogP contribution in [-0.2, 0) is 9.53 Å². The molecule has 1 aliphatic rings. The number of hydrogen-bond donors (Lipinski definition) is 1. The average molecular weight is 237 g/mol. The van der Waals surface area contributed by atoms with Gasteiger partial charge in [0.2, 0.25) is 0 Å². The largest absolute Gasteiger partial charge is 0.467 e. The number of ether oxygens (including phenoxy) is 1. The van der Waals surface area contributed by atoms with Crippen molar-refractivity contribution in [2.24, 2.45) is 0 Å². The molecule has 2 heterocycles. The molecule has 1 aliphatic heterocycles. The number of piperidine rings is 1. The molecule has 1 aromatic heterocycles. The molecule has 1 saturated heterocycles. The fraction of sp³-hybridized carbons (Fsp3) is 0.667. The number of nitrogens with one attached hydrogen (secondary N) is 1. The van der Waals surface area contributed by atoms with E-state index in [0.717, 1.165) is 31.6 Å². The van der Waals surface area contributed by atoms with Gasteiger partial charge in [-0.3, -0.25) is 0 Å².